The molecule has 0 atom stereocenters. The van der Waals surface area contributed by atoms with E-state index in [1.54, 1.807) is 11.8 Å². The molecule has 0 radical (unpaired) electrons. The van der Waals surface area contributed by atoms with E-state index in [0.29, 0.717) is 12.5 Å². The number of para-hydroxylation sites is 1. The maximum Gasteiger partial charge on any atom is 0.174 e. The van der Waals surface area contributed by atoms with Gasteiger partial charge in [0.25, 0.3) is 0 Å². The molecule has 21 heavy (non-hydrogen) atoms. The zero-order valence-electron chi connectivity index (χ0n) is 12.8. The highest BCUT2D eigenvalue weighted by Crippen LogP contribution is 2.27. The molecule has 1 N–H and O–H groups in total. The number of hydrogen-bond acceptors (Lipinski definition) is 5. The second kappa shape index (κ2) is 8.10. The lowest BCUT2D eigenvalue weighted by atomic mass is 10.2. The van der Waals surface area contributed by atoms with Crippen molar-refractivity contribution in [3.8, 4) is 5.75 Å². The van der Waals surface area contributed by atoms with Crippen LogP contribution < -0.4 is 10.1 Å². The first-order valence-corrected chi connectivity index (χ1v) is 8.32. The van der Waals surface area contributed by atoms with Gasteiger partial charge in [0, 0.05) is 17.5 Å². The minimum atomic E-state index is 0.398. The van der Waals surface area contributed by atoms with E-state index in [1.165, 1.54) is 0 Å². The molecule has 0 saturated carbocycles. The van der Waals surface area contributed by atoms with Crippen LogP contribution in [0.2, 0.25) is 0 Å². The predicted octanol–water partition coefficient (Wildman–Crippen LogP) is 3.72. The van der Waals surface area contributed by atoms with Crippen molar-refractivity contribution in [2.75, 3.05) is 12.8 Å². The molecule has 0 aliphatic heterocycles. The van der Waals surface area contributed by atoms with Gasteiger partial charge in [0.1, 0.15) is 12.4 Å². The first-order chi connectivity index (χ1) is 10.2. The van der Waals surface area contributed by atoms with Crippen molar-refractivity contribution < 1.29 is 9.26 Å². The van der Waals surface area contributed by atoms with Crippen LogP contribution in [0.4, 0.5) is 0 Å². The van der Waals surface area contributed by atoms with E-state index in [4.69, 9.17) is 9.26 Å². The lowest BCUT2D eigenvalue weighted by molar-refractivity contribution is 0.244. The molecule has 0 unspecified atom stereocenters. The molecule has 1 aromatic heterocycles. The fraction of sp³-hybridized carbons (Fsp3) is 0.438. The van der Waals surface area contributed by atoms with E-state index in [1.807, 2.05) is 36.6 Å². The smallest absolute Gasteiger partial charge is 0.174 e. The van der Waals surface area contributed by atoms with Crippen molar-refractivity contribution in [1.82, 2.24) is 10.5 Å². The largest absolute Gasteiger partial charge is 0.484 e. The van der Waals surface area contributed by atoms with Gasteiger partial charge in [0.15, 0.2) is 5.76 Å². The highest BCUT2D eigenvalue weighted by molar-refractivity contribution is 7.98. The second-order valence-corrected chi connectivity index (χ2v) is 6.10. The van der Waals surface area contributed by atoms with Gasteiger partial charge in [-0.15, -0.1) is 11.8 Å². The van der Waals surface area contributed by atoms with Gasteiger partial charge in [-0.05, 0) is 30.9 Å². The van der Waals surface area contributed by atoms with Crippen LogP contribution >= 0.6 is 11.8 Å². The van der Waals surface area contributed by atoms with Crippen LogP contribution in [-0.2, 0) is 13.2 Å². The van der Waals surface area contributed by atoms with Gasteiger partial charge in [-0.3, -0.25) is 0 Å². The monoisotopic (exact) mass is 306 g/mol. The fourth-order valence-corrected chi connectivity index (χ4v) is 2.43. The van der Waals surface area contributed by atoms with Crippen LogP contribution in [0.3, 0.4) is 0 Å². The fourth-order valence-electron chi connectivity index (χ4n) is 1.88. The SMILES string of the molecule is CSc1ccccc1OCc1cc(CNCC(C)C)no1. The van der Waals surface area contributed by atoms with Crippen LogP contribution in [0.5, 0.6) is 5.75 Å². The summed E-state index contributed by atoms with van der Waals surface area (Å²) in [4.78, 5) is 1.12. The Bertz CT molecular complexity index is 555. The van der Waals surface area contributed by atoms with E-state index < -0.39 is 0 Å². The van der Waals surface area contributed by atoms with E-state index >= 15 is 0 Å². The molecule has 4 nitrogen and oxygen atoms in total. The Morgan fingerprint density at radius 1 is 1.33 bits per heavy atom. The molecule has 1 aromatic carbocycles. The number of aromatic nitrogens is 1. The number of nitrogens with one attached hydrogen (secondary N) is 1. The Hall–Kier alpha value is -1.46. The van der Waals surface area contributed by atoms with Crippen LogP contribution in [0, 0.1) is 5.92 Å². The Morgan fingerprint density at radius 3 is 2.90 bits per heavy atom. The van der Waals surface area contributed by atoms with Gasteiger partial charge < -0.3 is 14.6 Å². The van der Waals surface area contributed by atoms with Crippen LogP contribution in [0.25, 0.3) is 0 Å². The minimum absolute atomic E-state index is 0.398. The van der Waals surface area contributed by atoms with Crippen molar-refractivity contribution in [3.63, 3.8) is 0 Å². The van der Waals surface area contributed by atoms with Gasteiger partial charge in [-0.1, -0.05) is 31.1 Å². The molecule has 114 valence electrons. The Balaban J connectivity index is 1.85. The highest BCUT2D eigenvalue weighted by Gasteiger charge is 2.07. The average Bonchev–Trinajstić information content (AvgIpc) is 2.93. The first-order valence-electron chi connectivity index (χ1n) is 7.10. The third-order valence-electron chi connectivity index (χ3n) is 2.91. The summed E-state index contributed by atoms with van der Waals surface area (Å²) in [6, 6.07) is 9.92. The third kappa shape index (κ3) is 5.10. The molecule has 0 aliphatic rings. The normalized spacial score (nSPS) is 11.0. The van der Waals surface area contributed by atoms with Crippen molar-refractivity contribution in [3.05, 3.63) is 41.8 Å². The quantitative estimate of drug-likeness (QED) is 0.753. The van der Waals surface area contributed by atoms with Crippen LogP contribution in [0.1, 0.15) is 25.3 Å². The van der Waals surface area contributed by atoms with Crippen molar-refractivity contribution in [2.45, 2.75) is 31.9 Å². The maximum absolute atomic E-state index is 5.80. The molecule has 0 spiro atoms. The molecule has 0 aliphatic carbocycles. The second-order valence-electron chi connectivity index (χ2n) is 5.25. The van der Waals surface area contributed by atoms with E-state index in [-0.39, 0.29) is 0 Å². The Kier molecular flexibility index (Phi) is 6.14. The number of rotatable bonds is 8. The number of thioether (sulfide) groups is 1. The standard InChI is InChI=1S/C16H22N2O2S/c1-12(2)9-17-10-13-8-14(20-18-13)11-19-15-6-4-5-7-16(15)21-3/h4-8,12,17H,9-11H2,1-3H3. The lowest BCUT2D eigenvalue weighted by Gasteiger charge is -2.07. The number of ether oxygens (including phenoxy) is 1. The highest BCUT2D eigenvalue weighted by atomic mass is 32.2. The van der Waals surface area contributed by atoms with Gasteiger partial charge in [-0.2, -0.15) is 0 Å². The molecule has 0 bridgehead atoms. The van der Waals surface area contributed by atoms with E-state index in [0.717, 1.165) is 35.2 Å². The number of benzene rings is 1. The molecule has 0 amide bonds. The first kappa shape index (κ1) is 15.9. The maximum atomic E-state index is 5.80. The van der Waals surface area contributed by atoms with Crippen molar-refractivity contribution >= 4 is 11.8 Å². The molecular weight excluding hydrogens is 284 g/mol. The average molecular weight is 306 g/mol. The van der Waals surface area contributed by atoms with Gasteiger partial charge in [0.05, 0.1) is 5.69 Å². The summed E-state index contributed by atoms with van der Waals surface area (Å²) in [7, 11) is 0. The van der Waals surface area contributed by atoms with Crippen molar-refractivity contribution in [2.24, 2.45) is 5.92 Å². The lowest BCUT2D eigenvalue weighted by Crippen LogP contribution is -2.19. The topological polar surface area (TPSA) is 47.3 Å². The van der Waals surface area contributed by atoms with E-state index in [9.17, 15) is 0 Å². The minimum Gasteiger partial charge on any atom is -0.484 e. The number of nitrogens with zero attached hydrogens (tertiary/aromatic N) is 1. The molecule has 1 heterocycles. The van der Waals surface area contributed by atoms with Crippen molar-refractivity contribution in [1.29, 1.82) is 0 Å². The molecular formula is C16H22N2O2S. The third-order valence-corrected chi connectivity index (χ3v) is 3.68. The van der Waals surface area contributed by atoms with Crippen LogP contribution in [0.15, 0.2) is 39.8 Å². The zero-order valence-corrected chi connectivity index (χ0v) is 13.6. The van der Waals surface area contributed by atoms with E-state index in [2.05, 4.69) is 24.3 Å². The molecule has 0 fully saturated rings. The summed E-state index contributed by atoms with van der Waals surface area (Å²) >= 11 is 1.67. The predicted molar refractivity (Wildman–Crippen MR) is 85.6 cm³/mol. The molecule has 2 rings (SSSR count). The zero-order chi connectivity index (χ0) is 15.1. The van der Waals surface area contributed by atoms with Gasteiger partial charge in [0.2, 0.25) is 0 Å². The molecule has 0 saturated heterocycles. The number of hydrogen-bond donors (Lipinski definition) is 1. The summed E-state index contributed by atoms with van der Waals surface area (Å²) < 4.78 is 11.1. The van der Waals surface area contributed by atoms with Crippen LogP contribution in [-0.4, -0.2) is 18.0 Å². The van der Waals surface area contributed by atoms with Gasteiger partial charge in [-0.25, -0.2) is 0 Å². The Labute approximate surface area is 130 Å². The summed E-state index contributed by atoms with van der Waals surface area (Å²) in [5.74, 6) is 2.25. The summed E-state index contributed by atoms with van der Waals surface area (Å²) in [5, 5.41) is 7.39. The van der Waals surface area contributed by atoms with Gasteiger partial charge >= 0.3 is 0 Å². The Morgan fingerprint density at radius 2 is 2.14 bits per heavy atom. The summed E-state index contributed by atoms with van der Waals surface area (Å²) in [6.07, 6.45) is 2.04. The molecule has 5 heteroatoms. The summed E-state index contributed by atoms with van der Waals surface area (Å²) in [5.41, 5.74) is 0.910. The summed E-state index contributed by atoms with van der Waals surface area (Å²) in [6.45, 7) is 6.45. The molecule has 2 aromatic rings.